The maximum atomic E-state index is 13.0. The van der Waals surface area contributed by atoms with Crippen molar-refractivity contribution >= 4 is 29.1 Å². The van der Waals surface area contributed by atoms with Crippen molar-refractivity contribution in [1.29, 1.82) is 0 Å². The molecule has 0 radical (unpaired) electrons. The van der Waals surface area contributed by atoms with Crippen LogP contribution in [-0.2, 0) is 29.0 Å². The largest absolute Gasteiger partial charge is 0.310 e. The van der Waals surface area contributed by atoms with E-state index in [1.165, 1.54) is 0 Å². The number of anilines is 1. The number of Topliss-reactive ketones (excluding diaryl/α,β-unsaturated/α-hetero) is 1. The summed E-state index contributed by atoms with van der Waals surface area (Å²) in [5.41, 5.74) is 5.06. The topological polar surface area (TPSA) is 76.9 Å². The average Bonchev–Trinajstić information content (AvgIpc) is 3.28. The molecule has 0 saturated heterocycles. The average molecular weight is 465 g/mol. The number of aromatic nitrogens is 3. The predicted molar refractivity (Wildman–Crippen MR) is 130 cm³/mol. The smallest absolute Gasteiger partial charge is 0.232 e. The molecule has 0 aliphatic carbocycles. The first-order chi connectivity index (χ1) is 15.6. The molecule has 3 aromatic rings. The van der Waals surface area contributed by atoms with Crippen molar-refractivity contribution in [1.82, 2.24) is 14.8 Å². The van der Waals surface area contributed by atoms with Crippen LogP contribution in [0.1, 0.15) is 56.9 Å². The van der Waals surface area contributed by atoms with Crippen LogP contribution in [0.3, 0.4) is 0 Å². The Bertz CT molecular complexity index is 1210. The number of hydrogen-bond acceptors (Lipinski definition) is 4. The molecule has 4 rings (SSSR count). The lowest BCUT2D eigenvalue weighted by Crippen LogP contribution is -2.19. The lowest BCUT2D eigenvalue weighted by molar-refractivity contribution is -0.118. The van der Waals surface area contributed by atoms with Crippen molar-refractivity contribution < 1.29 is 9.59 Å². The molecular weight excluding hydrogens is 436 g/mol. The van der Waals surface area contributed by atoms with Crippen LogP contribution in [0.2, 0.25) is 5.02 Å². The number of halogens is 1. The van der Waals surface area contributed by atoms with Gasteiger partial charge in [-0.1, -0.05) is 49.7 Å². The van der Waals surface area contributed by atoms with E-state index < -0.39 is 0 Å². The fraction of sp³-hybridized carbons (Fsp3) is 0.385. The van der Waals surface area contributed by atoms with Crippen LogP contribution >= 0.6 is 11.6 Å². The summed E-state index contributed by atoms with van der Waals surface area (Å²) in [5.74, 6) is 0.0879. The Labute approximate surface area is 199 Å². The number of fused-ring (bicyclic) bond motifs is 1. The van der Waals surface area contributed by atoms with E-state index in [9.17, 15) is 9.59 Å². The second-order valence-electron chi connectivity index (χ2n) is 9.71. The van der Waals surface area contributed by atoms with Crippen molar-refractivity contribution in [3.63, 3.8) is 0 Å². The quantitative estimate of drug-likeness (QED) is 0.504. The molecule has 7 heteroatoms. The minimum absolute atomic E-state index is 0.152. The number of carbonyl (C=O) groups is 2. The fourth-order valence-electron chi connectivity index (χ4n) is 4.31. The molecule has 0 saturated carbocycles. The minimum atomic E-state index is -0.371. The monoisotopic (exact) mass is 464 g/mol. The molecule has 172 valence electrons. The first-order valence-electron chi connectivity index (χ1n) is 11.2. The lowest BCUT2D eigenvalue weighted by Gasteiger charge is -2.15. The van der Waals surface area contributed by atoms with Gasteiger partial charge in [-0.2, -0.15) is 5.10 Å². The van der Waals surface area contributed by atoms with E-state index in [0.717, 1.165) is 40.9 Å². The van der Waals surface area contributed by atoms with Gasteiger partial charge in [-0.3, -0.25) is 9.48 Å². The molecule has 1 aliphatic heterocycles. The zero-order chi connectivity index (χ0) is 23.8. The SMILES string of the molecule is CC(=O)CCc1cccc([C@@H](C)C(=O)Nc2cc(-c3cnn4c3CC(C)(C)C4)c(Cl)cn2)c1. The van der Waals surface area contributed by atoms with Gasteiger partial charge in [0.15, 0.2) is 0 Å². The van der Waals surface area contributed by atoms with Crippen molar-refractivity contribution in [3.05, 3.63) is 64.6 Å². The third kappa shape index (κ3) is 5.17. The van der Waals surface area contributed by atoms with E-state index in [0.29, 0.717) is 23.7 Å². The number of carbonyl (C=O) groups excluding carboxylic acids is 2. The molecule has 3 heterocycles. The van der Waals surface area contributed by atoms with Gasteiger partial charge in [-0.05, 0) is 49.3 Å². The standard InChI is InChI=1S/C26H29ClN4O2/c1-16(32)8-9-18-6-5-7-19(10-18)17(2)25(33)30-24-11-20(22(27)14-28-24)21-13-29-31-15-26(3,4)12-23(21)31/h5-7,10-11,13-14,17H,8-9,12,15H2,1-4H3,(H,28,30,33)/t17-/m1/s1. The molecule has 2 aromatic heterocycles. The molecule has 33 heavy (non-hydrogen) atoms. The highest BCUT2D eigenvalue weighted by atomic mass is 35.5. The number of rotatable bonds is 7. The van der Waals surface area contributed by atoms with Gasteiger partial charge in [0.1, 0.15) is 11.6 Å². The number of ketones is 1. The number of hydrogen-bond donors (Lipinski definition) is 1. The van der Waals surface area contributed by atoms with Crippen LogP contribution in [0.5, 0.6) is 0 Å². The molecule has 1 atom stereocenters. The number of nitrogens with one attached hydrogen (secondary N) is 1. The number of amides is 1. The van der Waals surface area contributed by atoms with Gasteiger partial charge < -0.3 is 10.1 Å². The maximum absolute atomic E-state index is 13.0. The van der Waals surface area contributed by atoms with E-state index >= 15 is 0 Å². The third-order valence-electron chi connectivity index (χ3n) is 6.18. The van der Waals surface area contributed by atoms with E-state index in [4.69, 9.17) is 11.6 Å². The molecule has 1 N–H and O–H groups in total. The molecule has 6 nitrogen and oxygen atoms in total. The van der Waals surface area contributed by atoms with Crippen molar-refractivity contribution in [2.45, 2.75) is 59.4 Å². The minimum Gasteiger partial charge on any atom is -0.310 e. The molecule has 0 spiro atoms. The highest BCUT2D eigenvalue weighted by Gasteiger charge is 2.32. The highest BCUT2D eigenvalue weighted by Crippen LogP contribution is 2.39. The van der Waals surface area contributed by atoms with Gasteiger partial charge in [0.2, 0.25) is 5.91 Å². The van der Waals surface area contributed by atoms with Crippen LogP contribution < -0.4 is 5.32 Å². The number of nitrogens with zero attached hydrogens (tertiary/aromatic N) is 3. The summed E-state index contributed by atoms with van der Waals surface area (Å²) in [6.07, 6.45) is 5.50. The van der Waals surface area contributed by atoms with Gasteiger partial charge in [0.05, 0.1) is 17.1 Å². The molecule has 0 fully saturated rings. The van der Waals surface area contributed by atoms with Crippen LogP contribution in [0, 0.1) is 5.41 Å². The third-order valence-corrected chi connectivity index (χ3v) is 6.48. The normalized spacial score (nSPS) is 15.2. The second-order valence-corrected chi connectivity index (χ2v) is 10.1. The van der Waals surface area contributed by atoms with E-state index in [1.54, 1.807) is 13.1 Å². The van der Waals surface area contributed by atoms with Gasteiger partial charge in [0.25, 0.3) is 0 Å². The zero-order valence-corrected chi connectivity index (χ0v) is 20.2. The lowest BCUT2D eigenvalue weighted by atomic mass is 9.89. The Morgan fingerprint density at radius 1 is 1.21 bits per heavy atom. The summed E-state index contributed by atoms with van der Waals surface area (Å²) >= 11 is 6.49. The molecule has 0 unspecified atom stereocenters. The van der Waals surface area contributed by atoms with E-state index in [-0.39, 0.29) is 23.0 Å². The molecule has 0 bridgehead atoms. The number of aryl methyl sites for hydroxylation is 1. The summed E-state index contributed by atoms with van der Waals surface area (Å²) in [7, 11) is 0. The van der Waals surface area contributed by atoms with Gasteiger partial charge in [0, 0.05) is 36.0 Å². The van der Waals surface area contributed by atoms with Crippen LogP contribution in [0.15, 0.2) is 42.7 Å². The first kappa shape index (κ1) is 23.2. The van der Waals surface area contributed by atoms with Gasteiger partial charge in [-0.25, -0.2) is 4.98 Å². The van der Waals surface area contributed by atoms with Crippen molar-refractivity contribution in [2.75, 3.05) is 5.32 Å². The Balaban J connectivity index is 1.52. The van der Waals surface area contributed by atoms with Crippen molar-refractivity contribution in [3.8, 4) is 11.1 Å². The van der Waals surface area contributed by atoms with Crippen LogP contribution in [-0.4, -0.2) is 26.5 Å². The summed E-state index contributed by atoms with van der Waals surface area (Å²) < 4.78 is 2.03. The summed E-state index contributed by atoms with van der Waals surface area (Å²) in [4.78, 5) is 28.6. The Morgan fingerprint density at radius 2 is 2.00 bits per heavy atom. The Hall–Kier alpha value is -2.99. The summed E-state index contributed by atoms with van der Waals surface area (Å²) in [5, 5.41) is 7.99. The van der Waals surface area contributed by atoms with Crippen molar-refractivity contribution in [2.24, 2.45) is 5.41 Å². The maximum Gasteiger partial charge on any atom is 0.232 e. The summed E-state index contributed by atoms with van der Waals surface area (Å²) in [6.45, 7) is 8.77. The predicted octanol–water partition coefficient (Wildman–Crippen LogP) is 5.44. The Morgan fingerprint density at radius 3 is 2.76 bits per heavy atom. The fourth-order valence-corrected chi connectivity index (χ4v) is 4.52. The summed E-state index contributed by atoms with van der Waals surface area (Å²) in [6, 6.07) is 9.65. The molecule has 1 aromatic carbocycles. The second kappa shape index (κ2) is 9.10. The van der Waals surface area contributed by atoms with Gasteiger partial charge >= 0.3 is 0 Å². The van der Waals surface area contributed by atoms with Crippen LogP contribution in [0.25, 0.3) is 11.1 Å². The first-order valence-corrected chi connectivity index (χ1v) is 11.6. The Kier molecular flexibility index (Phi) is 6.39. The molecule has 1 amide bonds. The zero-order valence-electron chi connectivity index (χ0n) is 19.5. The highest BCUT2D eigenvalue weighted by molar-refractivity contribution is 6.33. The number of benzene rings is 1. The van der Waals surface area contributed by atoms with E-state index in [2.05, 4.69) is 29.2 Å². The van der Waals surface area contributed by atoms with E-state index in [1.807, 2.05) is 48.1 Å². The molecular formula is C26H29ClN4O2. The van der Waals surface area contributed by atoms with Gasteiger partial charge in [-0.15, -0.1) is 0 Å². The number of pyridine rings is 1. The van der Waals surface area contributed by atoms with Crippen LogP contribution in [0.4, 0.5) is 5.82 Å². The molecule has 1 aliphatic rings.